The van der Waals surface area contributed by atoms with Crippen molar-refractivity contribution < 1.29 is 17.0 Å². The molecule has 0 aliphatic carbocycles. The van der Waals surface area contributed by atoms with Crippen molar-refractivity contribution in [1.29, 1.82) is 0 Å². The van der Waals surface area contributed by atoms with E-state index in [4.69, 9.17) is 20.2 Å². The zero-order valence-corrected chi connectivity index (χ0v) is 17.8. The second-order valence-corrected chi connectivity index (χ2v) is 8.93. The predicted molar refractivity (Wildman–Crippen MR) is 117 cm³/mol. The highest BCUT2D eigenvalue weighted by Gasteiger charge is 2.25. The van der Waals surface area contributed by atoms with Gasteiger partial charge in [-0.3, -0.25) is 4.79 Å². The molecule has 1 heterocycles. The lowest BCUT2D eigenvalue weighted by molar-refractivity contribution is 0.472. The molecule has 0 aliphatic heterocycles. The van der Waals surface area contributed by atoms with Crippen molar-refractivity contribution in [2.45, 2.75) is 18.7 Å². The summed E-state index contributed by atoms with van der Waals surface area (Å²) in [4.78, 5) is 13.2. The Bertz CT molecular complexity index is 1400. The monoisotopic (exact) mass is 440 g/mol. The molecule has 0 radical (unpaired) electrons. The van der Waals surface area contributed by atoms with Crippen molar-refractivity contribution in [2.24, 2.45) is 0 Å². The van der Waals surface area contributed by atoms with Crippen LogP contribution in [0.2, 0.25) is 5.02 Å². The highest BCUT2D eigenvalue weighted by atomic mass is 35.5. The van der Waals surface area contributed by atoms with Gasteiger partial charge in [0.15, 0.2) is 5.76 Å². The van der Waals surface area contributed by atoms with E-state index in [0.29, 0.717) is 16.2 Å². The second-order valence-electron chi connectivity index (χ2n) is 6.95. The van der Waals surface area contributed by atoms with Gasteiger partial charge in [-0.15, -0.1) is 0 Å². The number of aryl methyl sites for hydroxylation is 2. The topological polar surface area (TPSA) is 73.6 Å². The summed E-state index contributed by atoms with van der Waals surface area (Å²) in [6.07, 6.45) is 0. The maximum Gasteiger partial charge on any atom is 0.339 e. The van der Waals surface area contributed by atoms with Crippen molar-refractivity contribution >= 4 is 32.7 Å². The Kier molecular flexibility index (Phi) is 5.13. The first-order valence-corrected chi connectivity index (χ1v) is 10.9. The van der Waals surface area contributed by atoms with Crippen LogP contribution in [0.25, 0.3) is 22.3 Å². The lowest BCUT2D eigenvalue weighted by Crippen LogP contribution is -2.17. The zero-order valence-electron chi connectivity index (χ0n) is 16.2. The summed E-state index contributed by atoms with van der Waals surface area (Å²) in [5, 5.41) is 0.731. The average molecular weight is 441 g/mol. The Morgan fingerprint density at radius 3 is 2.17 bits per heavy atom. The van der Waals surface area contributed by atoms with Crippen molar-refractivity contribution in [3.8, 4) is 17.1 Å². The molecule has 0 unspecified atom stereocenters. The van der Waals surface area contributed by atoms with Gasteiger partial charge in [0, 0.05) is 10.6 Å². The quantitative estimate of drug-likeness (QED) is 0.392. The molecule has 0 bridgehead atoms. The van der Waals surface area contributed by atoms with Crippen LogP contribution >= 0.6 is 11.6 Å². The molecule has 0 N–H and O–H groups in total. The van der Waals surface area contributed by atoms with Crippen LogP contribution in [-0.2, 0) is 10.1 Å². The van der Waals surface area contributed by atoms with Crippen LogP contribution in [0, 0.1) is 13.8 Å². The van der Waals surface area contributed by atoms with Crippen molar-refractivity contribution in [2.75, 3.05) is 0 Å². The van der Waals surface area contributed by atoms with E-state index in [-0.39, 0.29) is 16.0 Å². The van der Waals surface area contributed by atoms with E-state index in [1.807, 2.05) is 13.8 Å². The first-order valence-electron chi connectivity index (χ1n) is 9.09. The van der Waals surface area contributed by atoms with E-state index >= 15 is 0 Å². The summed E-state index contributed by atoms with van der Waals surface area (Å²) in [5.74, 6) is -0.375. The zero-order chi connectivity index (χ0) is 21.5. The maximum atomic E-state index is 13.2. The van der Waals surface area contributed by atoms with Crippen molar-refractivity contribution in [1.82, 2.24) is 0 Å². The Morgan fingerprint density at radius 2 is 1.50 bits per heavy atom. The third-order valence-corrected chi connectivity index (χ3v) is 6.10. The van der Waals surface area contributed by atoms with E-state index in [2.05, 4.69) is 0 Å². The summed E-state index contributed by atoms with van der Waals surface area (Å²) in [7, 11) is -4.26. The fraction of sp³-hybridized carbons (Fsp3) is 0.0870. The minimum atomic E-state index is -4.26. The van der Waals surface area contributed by atoms with Gasteiger partial charge >= 0.3 is 10.1 Å². The fourth-order valence-electron chi connectivity index (χ4n) is 3.02. The number of rotatable bonds is 4. The summed E-state index contributed by atoms with van der Waals surface area (Å²) >= 11 is 5.96. The number of hydrogen-bond acceptors (Lipinski definition) is 5. The Morgan fingerprint density at radius 1 is 0.867 bits per heavy atom. The van der Waals surface area contributed by atoms with Gasteiger partial charge in [-0.1, -0.05) is 40.9 Å². The van der Waals surface area contributed by atoms with E-state index in [1.54, 1.807) is 54.6 Å². The second kappa shape index (κ2) is 7.63. The number of halogens is 1. The van der Waals surface area contributed by atoms with Crippen LogP contribution in [0.3, 0.4) is 0 Å². The molecular formula is C23H17ClO5S. The maximum absolute atomic E-state index is 13.2. The summed E-state index contributed by atoms with van der Waals surface area (Å²) in [5.41, 5.74) is 1.96. The molecule has 4 rings (SSSR count). The highest BCUT2D eigenvalue weighted by molar-refractivity contribution is 7.87. The number of benzene rings is 3. The largest absolute Gasteiger partial charge is 0.452 e. The van der Waals surface area contributed by atoms with E-state index < -0.39 is 21.3 Å². The molecule has 4 aromatic rings. The molecule has 30 heavy (non-hydrogen) atoms. The highest BCUT2D eigenvalue weighted by Crippen LogP contribution is 2.33. The van der Waals surface area contributed by atoms with Crippen LogP contribution in [0.1, 0.15) is 11.1 Å². The minimum absolute atomic E-state index is 0.0173. The molecular weight excluding hydrogens is 424 g/mol. The number of hydrogen-bond donors (Lipinski definition) is 0. The number of fused-ring (bicyclic) bond motifs is 1. The van der Waals surface area contributed by atoms with Crippen LogP contribution in [0.15, 0.2) is 80.8 Å². The molecule has 7 heteroatoms. The first kappa shape index (κ1) is 20.2. The third kappa shape index (κ3) is 3.84. The molecule has 0 spiro atoms. The summed E-state index contributed by atoms with van der Waals surface area (Å²) < 4.78 is 37.0. The van der Waals surface area contributed by atoms with E-state index in [0.717, 1.165) is 11.1 Å². The summed E-state index contributed by atoms with van der Waals surface area (Å²) in [6, 6.07) is 17.8. The van der Waals surface area contributed by atoms with Crippen LogP contribution < -0.4 is 9.61 Å². The lowest BCUT2D eigenvalue weighted by atomic mass is 10.1. The molecule has 5 nitrogen and oxygen atoms in total. The normalized spacial score (nSPS) is 11.6. The van der Waals surface area contributed by atoms with Gasteiger partial charge < -0.3 is 8.60 Å². The molecule has 0 fully saturated rings. The standard InChI is InChI=1S/C23H17ClO5S/c1-14-3-10-18(11-4-14)30(26,27)29-23-21(25)19-13-15(2)5-12-20(19)28-22(23)16-6-8-17(24)9-7-16/h3-13H,1-2H3. The van der Waals surface area contributed by atoms with Gasteiger partial charge in [0.05, 0.1) is 5.39 Å². The molecule has 0 aliphatic rings. The fourth-order valence-corrected chi connectivity index (χ4v) is 4.08. The van der Waals surface area contributed by atoms with Crippen LogP contribution in [0.5, 0.6) is 5.75 Å². The Hall–Kier alpha value is -3.09. The van der Waals surface area contributed by atoms with Crippen molar-refractivity contribution in [3.63, 3.8) is 0 Å². The predicted octanol–water partition coefficient (Wildman–Crippen LogP) is 5.50. The molecule has 3 aromatic carbocycles. The third-order valence-electron chi connectivity index (χ3n) is 4.61. The smallest absolute Gasteiger partial charge is 0.339 e. The molecule has 0 saturated carbocycles. The SMILES string of the molecule is Cc1ccc(S(=O)(=O)Oc2c(-c3ccc(Cl)cc3)oc3ccc(C)cc3c2=O)cc1. The van der Waals surface area contributed by atoms with Gasteiger partial charge in [0.1, 0.15) is 10.5 Å². The summed E-state index contributed by atoms with van der Waals surface area (Å²) in [6.45, 7) is 3.67. The van der Waals surface area contributed by atoms with Gasteiger partial charge in [0.2, 0.25) is 11.2 Å². The molecule has 0 amide bonds. The van der Waals surface area contributed by atoms with Crippen LogP contribution in [-0.4, -0.2) is 8.42 Å². The lowest BCUT2D eigenvalue weighted by Gasteiger charge is -2.12. The van der Waals surface area contributed by atoms with Gasteiger partial charge in [-0.05, 0) is 62.4 Å². The first-order chi connectivity index (χ1) is 14.2. The van der Waals surface area contributed by atoms with Gasteiger partial charge in [-0.2, -0.15) is 8.42 Å². The van der Waals surface area contributed by atoms with Gasteiger partial charge in [-0.25, -0.2) is 0 Å². The van der Waals surface area contributed by atoms with Crippen molar-refractivity contribution in [3.05, 3.63) is 93.1 Å². The molecule has 1 aromatic heterocycles. The van der Waals surface area contributed by atoms with Gasteiger partial charge in [0.25, 0.3) is 0 Å². The minimum Gasteiger partial charge on any atom is -0.452 e. The Balaban J connectivity index is 1.95. The van der Waals surface area contributed by atoms with Crippen LogP contribution in [0.4, 0.5) is 0 Å². The molecule has 0 saturated heterocycles. The van der Waals surface area contributed by atoms with E-state index in [1.165, 1.54) is 12.1 Å². The van der Waals surface area contributed by atoms with E-state index in [9.17, 15) is 13.2 Å². The molecule has 0 atom stereocenters. The molecule has 152 valence electrons. The Labute approximate surface area is 178 Å². The average Bonchev–Trinajstić information content (AvgIpc) is 2.71.